The molecule has 1 amide bonds. The van der Waals surface area contributed by atoms with Gasteiger partial charge in [-0.25, -0.2) is 14.6 Å². The summed E-state index contributed by atoms with van der Waals surface area (Å²) < 4.78 is 1.46. The van der Waals surface area contributed by atoms with Crippen LogP contribution in [0.2, 0.25) is 5.15 Å². The molecule has 0 spiro atoms. The third-order valence-electron chi connectivity index (χ3n) is 2.45. The van der Waals surface area contributed by atoms with Gasteiger partial charge in [0, 0.05) is 6.20 Å². The fourth-order valence-electron chi connectivity index (χ4n) is 1.41. The molecule has 0 aliphatic carbocycles. The quantitative estimate of drug-likeness (QED) is 0.860. The number of amides is 1. The van der Waals surface area contributed by atoms with Crippen LogP contribution < -0.4 is 5.32 Å². The highest BCUT2D eigenvalue weighted by Gasteiger charge is 2.16. The van der Waals surface area contributed by atoms with Gasteiger partial charge in [-0.05, 0) is 25.5 Å². The Morgan fingerprint density at radius 3 is 3.00 bits per heavy atom. The summed E-state index contributed by atoms with van der Waals surface area (Å²) in [7, 11) is 0. The highest BCUT2D eigenvalue weighted by atomic mass is 35.5. The lowest BCUT2D eigenvalue weighted by Gasteiger charge is -2.12. The van der Waals surface area contributed by atoms with Gasteiger partial charge in [0.2, 0.25) is 5.91 Å². The molecule has 0 saturated heterocycles. The van der Waals surface area contributed by atoms with Crippen LogP contribution in [0.1, 0.15) is 18.5 Å². The van der Waals surface area contributed by atoms with Crippen LogP contribution in [-0.4, -0.2) is 25.7 Å². The van der Waals surface area contributed by atoms with Gasteiger partial charge in [0.1, 0.15) is 18.7 Å². The molecular formula is C11H12ClN5O. The van der Waals surface area contributed by atoms with E-state index in [1.807, 2.05) is 6.92 Å². The molecule has 1 atom stereocenters. The number of aryl methyl sites for hydroxylation is 1. The van der Waals surface area contributed by atoms with Crippen LogP contribution in [0.25, 0.3) is 0 Å². The number of anilines is 1. The van der Waals surface area contributed by atoms with Gasteiger partial charge in [-0.2, -0.15) is 5.10 Å². The molecule has 6 nitrogen and oxygen atoms in total. The van der Waals surface area contributed by atoms with Gasteiger partial charge in [-0.3, -0.25) is 4.79 Å². The van der Waals surface area contributed by atoms with E-state index in [9.17, 15) is 4.79 Å². The minimum Gasteiger partial charge on any atom is -0.322 e. The zero-order valence-electron chi connectivity index (χ0n) is 9.96. The molecule has 0 aromatic carbocycles. The first-order valence-electron chi connectivity index (χ1n) is 5.35. The molecule has 0 radical (unpaired) electrons. The summed E-state index contributed by atoms with van der Waals surface area (Å²) in [5, 5.41) is 6.90. The normalized spacial score (nSPS) is 12.2. The number of rotatable bonds is 3. The molecule has 2 heterocycles. The Kier molecular flexibility index (Phi) is 3.57. The number of carbonyl (C=O) groups excluding carboxylic acids is 1. The summed E-state index contributed by atoms with van der Waals surface area (Å²) in [5.74, 6) is -0.227. The van der Waals surface area contributed by atoms with E-state index in [1.54, 1.807) is 19.2 Å². The summed E-state index contributed by atoms with van der Waals surface area (Å²) in [4.78, 5) is 19.8. The predicted molar refractivity (Wildman–Crippen MR) is 67.3 cm³/mol. The molecule has 7 heteroatoms. The zero-order valence-corrected chi connectivity index (χ0v) is 10.7. The lowest BCUT2D eigenvalue weighted by Crippen LogP contribution is -2.24. The smallest absolute Gasteiger partial charge is 0.249 e. The van der Waals surface area contributed by atoms with Crippen LogP contribution in [0.5, 0.6) is 0 Å². The zero-order chi connectivity index (χ0) is 13.1. The number of pyridine rings is 1. The molecule has 1 unspecified atom stereocenters. The Bertz CT molecular complexity index is 555. The summed E-state index contributed by atoms with van der Waals surface area (Å²) in [6.07, 6.45) is 4.50. The van der Waals surface area contributed by atoms with Crippen molar-refractivity contribution >= 4 is 23.2 Å². The Labute approximate surface area is 109 Å². The van der Waals surface area contributed by atoms with Gasteiger partial charge in [0.25, 0.3) is 0 Å². The van der Waals surface area contributed by atoms with Crippen molar-refractivity contribution in [3.05, 3.63) is 35.6 Å². The Balaban J connectivity index is 2.14. The van der Waals surface area contributed by atoms with Crippen molar-refractivity contribution in [3.63, 3.8) is 0 Å². The monoisotopic (exact) mass is 265 g/mol. The molecule has 2 aromatic rings. The van der Waals surface area contributed by atoms with Gasteiger partial charge < -0.3 is 5.32 Å². The molecule has 0 fully saturated rings. The average molecular weight is 266 g/mol. The standard InChI is InChI=1S/C11H12ClN5O/c1-7-3-9(10(12)14-4-7)16-11(18)8(2)17-6-13-5-15-17/h3-6,8H,1-2H3,(H,16,18). The minimum absolute atomic E-state index is 0.227. The van der Waals surface area contributed by atoms with E-state index in [0.29, 0.717) is 5.69 Å². The number of hydrogen-bond donors (Lipinski definition) is 1. The predicted octanol–water partition coefficient (Wildman–Crippen LogP) is 1.83. The van der Waals surface area contributed by atoms with Crippen LogP contribution in [0.15, 0.2) is 24.9 Å². The van der Waals surface area contributed by atoms with Crippen molar-refractivity contribution in [2.75, 3.05) is 5.32 Å². The van der Waals surface area contributed by atoms with E-state index in [1.165, 1.54) is 17.3 Å². The van der Waals surface area contributed by atoms with Crippen LogP contribution in [-0.2, 0) is 4.79 Å². The van der Waals surface area contributed by atoms with Gasteiger partial charge in [-0.1, -0.05) is 11.6 Å². The van der Waals surface area contributed by atoms with Gasteiger partial charge >= 0.3 is 0 Å². The highest BCUT2D eigenvalue weighted by molar-refractivity contribution is 6.32. The number of aromatic nitrogens is 4. The highest BCUT2D eigenvalue weighted by Crippen LogP contribution is 2.20. The maximum Gasteiger partial charge on any atom is 0.249 e. The van der Waals surface area contributed by atoms with Gasteiger partial charge in [0.15, 0.2) is 5.15 Å². The van der Waals surface area contributed by atoms with E-state index in [2.05, 4.69) is 20.4 Å². The van der Waals surface area contributed by atoms with Crippen molar-refractivity contribution in [3.8, 4) is 0 Å². The fourth-order valence-corrected chi connectivity index (χ4v) is 1.57. The average Bonchev–Trinajstić information content (AvgIpc) is 2.86. The maximum absolute atomic E-state index is 12.0. The van der Waals surface area contributed by atoms with Crippen LogP contribution in [0, 0.1) is 6.92 Å². The van der Waals surface area contributed by atoms with Crippen molar-refractivity contribution in [1.82, 2.24) is 19.7 Å². The minimum atomic E-state index is -0.468. The topological polar surface area (TPSA) is 72.7 Å². The summed E-state index contributed by atoms with van der Waals surface area (Å²) >= 11 is 5.91. The fraction of sp³-hybridized carbons (Fsp3) is 0.273. The van der Waals surface area contributed by atoms with Crippen molar-refractivity contribution in [2.24, 2.45) is 0 Å². The summed E-state index contributed by atoms with van der Waals surface area (Å²) in [6.45, 7) is 3.60. The Hall–Kier alpha value is -1.95. The molecule has 0 aliphatic heterocycles. The second-order valence-corrected chi connectivity index (χ2v) is 4.25. The third kappa shape index (κ3) is 2.65. The first kappa shape index (κ1) is 12.5. The molecule has 94 valence electrons. The van der Waals surface area contributed by atoms with E-state index in [4.69, 9.17) is 11.6 Å². The first-order valence-corrected chi connectivity index (χ1v) is 5.73. The van der Waals surface area contributed by atoms with Crippen molar-refractivity contribution in [2.45, 2.75) is 19.9 Å². The molecule has 1 N–H and O–H groups in total. The third-order valence-corrected chi connectivity index (χ3v) is 2.75. The molecular weight excluding hydrogens is 254 g/mol. The van der Waals surface area contributed by atoms with Crippen LogP contribution in [0.3, 0.4) is 0 Å². The Morgan fingerprint density at radius 2 is 2.33 bits per heavy atom. The molecule has 2 rings (SSSR count). The van der Waals surface area contributed by atoms with Crippen LogP contribution >= 0.6 is 11.6 Å². The van der Waals surface area contributed by atoms with E-state index < -0.39 is 6.04 Å². The lowest BCUT2D eigenvalue weighted by molar-refractivity contribution is -0.119. The van der Waals surface area contributed by atoms with Gasteiger partial charge in [-0.15, -0.1) is 0 Å². The SMILES string of the molecule is Cc1cnc(Cl)c(NC(=O)C(C)n2cncn2)c1. The summed E-state index contributed by atoms with van der Waals surface area (Å²) in [6, 6.07) is 1.30. The number of nitrogens with zero attached hydrogens (tertiary/aromatic N) is 4. The summed E-state index contributed by atoms with van der Waals surface area (Å²) in [5.41, 5.74) is 1.41. The van der Waals surface area contributed by atoms with E-state index >= 15 is 0 Å². The largest absolute Gasteiger partial charge is 0.322 e. The maximum atomic E-state index is 12.0. The molecule has 2 aromatic heterocycles. The Morgan fingerprint density at radius 1 is 1.56 bits per heavy atom. The van der Waals surface area contributed by atoms with Gasteiger partial charge in [0.05, 0.1) is 5.69 Å². The van der Waals surface area contributed by atoms with Crippen molar-refractivity contribution < 1.29 is 4.79 Å². The van der Waals surface area contributed by atoms with E-state index in [0.717, 1.165) is 5.56 Å². The number of nitrogens with one attached hydrogen (secondary N) is 1. The second kappa shape index (κ2) is 5.14. The van der Waals surface area contributed by atoms with E-state index in [-0.39, 0.29) is 11.1 Å². The van der Waals surface area contributed by atoms with Crippen LogP contribution in [0.4, 0.5) is 5.69 Å². The molecule has 0 saturated carbocycles. The second-order valence-electron chi connectivity index (χ2n) is 3.89. The molecule has 0 aliphatic rings. The lowest BCUT2D eigenvalue weighted by atomic mass is 10.2. The van der Waals surface area contributed by atoms with Crippen molar-refractivity contribution in [1.29, 1.82) is 0 Å². The molecule has 18 heavy (non-hydrogen) atoms. The number of halogens is 1. The molecule has 0 bridgehead atoms. The number of hydrogen-bond acceptors (Lipinski definition) is 4. The first-order chi connectivity index (χ1) is 8.58. The number of carbonyl (C=O) groups is 1.